The molecule has 5 rings (SSSR count). The summed E-state index contributed by atoms with van der Waals surface area (Å²) in [4.78, 5) is 27.7. The zero-order valence-electron chi connectivity index (χ0n) is 14.3. The predicted octanol–water partition coefficient (Wildman–Crippen LogP) is 5.89. The van der Waals surface area contributed by atoms with E-state index in [1.807, 2.05) is 84.9 Å². The van der Waals surface area contributed by atoms with E-state index in [1.54, 1.807) is 0 Å². The minimum absolute atomic E-state index is 0.0733. The molecule has 0 bridgehead atoms. The highest BCUT2D eigenvalue weighted by Crippen LogP contribution is 2.43. The second kappa shape index (κ2) is 6.15. The number of thiophene rings is 1. The van der Waals surface area contributed by atoms with Crippen LogP contribution in [0.1, 0.15) is 31.2 Å². The standard InChI is InChI=1S/C24H14O2S/c25-22-19(15-9-3-1-4-10-15)20(16-11-5-2-6-12-16)23(26)24-21(22)17-13-7-8-14-18(17)27-24/h1-14H. The lowest BCUT2D eigenvalue weighted by Crippen LogP contribution is -2.19. The number of rotatable bonds is 2. The van der Waals surface area contributed by atoms with E-state index >= 15 is 0 Å². The molecule has 27 heavy (non-hydrogen) atoms. The minimum atomic E-state index is -0.0768. The van der Waals surface area contributed by atoms with Crippen LogP contribution in [0.5, 0.6) is 0 Å². The van der Waals surface area contributed by atoms with Crippen molar-refractivity contribution in [2.24, 2.45) is 0 Å². The number of ketones is 2. The zero-order chi connectivity index (χ0) is 18.4. The number of allylic oxidation sites excluding steroid dienone is 2. The number of Topliss-reactive ketones (excluding diaryl/α,β-unsaturated/α-hetero) is 2. The number of hydrogen-bond donors (Lipinski definition) is 0. The average molecular weight is 366 g/mol. The molecule has 0 saturated carbocycles. The van der Waals surface area contributed by atoms with Crippen LogP contribution in [0.25, 0.3) is 21.2 Å². The molecule has 0 unspecified atom stereocenters. The Morgan fingerprint density at radius 3 is 1.70 bits per heavy atom. The molecule has 3 aromatic carbocycles. The summed E-state index contributed by atoms with van der Waals surface area (Å²) in [7, 11) is 0. The molecule has 1 heterocycles. The van der Waals surface area contributed by atoms with Gasteiger partial charge in [-0.3, -0.25) is 9.59 Å². The maximum absolute atomic E-state index is 13.6. The highest BCUT2D eigenvalue weighted by molar-refractivity contribution is 7.22. The van der Waals surface area contributed by atoms with Crippen LogP contribution in [0.15, 0.2) is 84.9 Å². The highest BCUT2D eigenvalue weighted by atomic mass is 32.1. The minimum Gasteiger partial charge on any atom is -0.288 e. The summed E-state index contributed by atoms with van der Waals surface area (Å²) in [5.74, 6) is -0.150. The van der Waals surface area contributed by atoms with E-state index in [1.165, 1.54) is 11.3 Å². The van der Waals surface area contributed by atoms with Crippen LogP contribution in [0, 0.1) is 0 Å². The van der Waals surface area contributed by atoms with Crippen molar-refractivity contribution in [3.8, 4) is 0 Å². The van der Waals surface area contributed by atoms with E-state index in [0.29, 0.717) is 21.6 Å². The highest BCUT2D eigenvalue weighted by Gasteiger charge is 2.36. The van der Waals surface area contributed by atoms with Crippen molar-refractivity contribution in [2.75, 3.05) is 0 Å². The van der Waals surface area contributed by atoms with Gasteiger partial charge in [0, 0.05) is 21.2 Å². The van der Waals surface area contributed by atoms with Gasteiger partial charge >= 0.3 is 0 Å². The van der Waals surface area contributed by atoms with Crippen LogP contribution in [-0.2, 0) is 0 Å². The van der Waals surface area contributed by atoms with Gasteiger partial charge < -0.3 is 0 Å². The third-order valence-corrected chi connectivity index (χ3v) is 6.03. The molecule has 0 spiro atoms. The van der Waals surface area contributed by atoms with Crippen molar-refractivity contribution < 1.29 is 9.59 Å². The average Bonchev–Trinajstić information content (AvgIpc) is 3.12. The second-order valence-corrected chi connectivity index (χ2v) is 7.49. The molecule has 0 radical (unpaired) electrons. The lowest BCUT2D eigenvalue weighted by atomic mass is 9.81. The fourth-order valence-electron chi connectivity index (χ4n) is 3.66. The van der Waals surface area contributed by atoms with Crippen LogP contribution in [0.4, 0.5) is 0 Å². The quantitative estimate of drug-likeness (QED) is 0.443. The number of hydrogen-bond acceptors (Lipinski definition) is 3. The number of carbonyl (C=O) groups is 2. The third kappa shape index (κ3) is 2.40. The molecule has 0 atom stereocenters. The molecule has 0 fully saturated rings. The van der Waals surface area contributed by atoms with E-state index in [4.69, 9.17) is 0 Å². The van der Waals surface area contributed by atoms with Crippen LogP contribution >= 0.6 is 11.3 Å². The van der Waals surface area contributed by atoms with Gasteiger partial charge in [0.25, 0.3) is 0 Å². The van der Waals surface area contributed by atoms with Crippen LogP contribution in [0.3, 0.4) is 0 Å². The van der Waals surface area contributed by atoms with Crippen LogP contribution in [-0.4, -0.2) is 11.6 Å². The SMILES string of the molecule is O=C1C(c2ccccc2)=C(c2ccccc2)C(=O)c2c1sc1ccccc21. The molecule has 1 aliphatic carbocycles. The summed E-state index contributed by atoms with van der Waals surface area (Å²) in [6.45, 7) is 0. The van der Waals surface area contributed by atoms with Gasteiger partial charge in [-0.1, -0.05) is 78.9 Å². The van der Waals surface area contributed by atoms with Gasteiger partial charge in [-0.05, 0) is 17.2 Å². The van der Waals surface area contributed by atoms with E-state index in [9.17, 15) is 9.59 Å². The van der Waals surface area contributed by atoms with Crippen molar-refractivity contribution >= 4 is 44.1 Å². The Kier molecular flexibility index (Phi) is 3.62. The fraction of sp³-hybridized carbons (Fsp3) is 0. The van der Waals surface area contributed by atoms with Crippen molar-refractivity contribution in [2.45, 2.75) is 0 Å². The van der Waals surface area contributed by atoms with Gasteiger partial charge in [0.1, 0.15) is 0 Å². The lowest BCUT2D eigenvalue weighted by Gasteiger charge is -2.19. The van der Waals surface area contributed by atoms with Gasteiger partial charge in [0.05, 0.1) is 10.4 Å². The molecule has 128 valence electrons. The predicted molar refractivity (Wildman–Crippen MR) is 110 cm³/mol. The molecule has 1 aromatic heterocycles. The molecular weight excluding hydrogens is 352 g/mol. The summed E-state index contributed by atoms with van der Waals surface area (Å²) in [5.41, 5.74) is 3.07. The number of benzene rings is 3. The van der Waals surface area contributed by atoms with Crippen molar-refractivity contribution in [1.29, 1.82) is 0 Å². The fourth-order valence-corrected chi connectivity index (χ4v) is 4.80. The van der Waals surface area contributed by atoms with E-state index in [2.05, 4.69) is 0 Å². The first-order valence-corrected chi connectivity index (χ1v) is 9.53. The molecule has 0 amide bonds. The number of carbonyl (C=O) groups excluding carboxylic acids is 2. The zero-order valence-corrected chi connectivity index (χ0v) is 15.1. The second-order valence-electron chi connectivity index (χ2n) is 6.44. The first-order chi connectivity index (χ1) is 13.3. The summed E-state index contributed by atoms with van der Waals surface area (Å²) in [5, 5.41) is 0.858. The first-order valence-electron chi connectivity index (χ1n) is 8.72. The monoisotopic (exact) mass is 366 g/mol. The topological polar surface area (TPSA) is 34.1 Å². The Bertz CT molecular complexity index is 1230. The van der Waals surface area contributed by atoms with Crippen LogP contribution in [0.2, 0.25) is 0 Å². The summed E-state index contributed by atoms with van der Waals surface area (Å²) < 4.78 is 0.964. The van der Waals surface area contributed by atoms with E-state index in [-0.39, 0.29) is 11.6 Å². The smallest absolute Gasteiger partial charge is 0.205 e. The summed E-state index contributed by atoms with van der Waals surface area (Å²) in [6.07, 6.45) is 0. The molecule has 4 aromatic rings. The molecule has 1 aliphatic rings. The van der Waals surface area contributed by atoms with Gasteiger partial charge in [0.2, 0.25) is 5.78 Å². The molecule has 0 saturated heterocycles. The Hall–Kier alpha value is -3.30. The first kappa shape index (κ1) is 15.9. The normalized spacial score (nSPS) is 13.9. The van der Waals surface area contributed by atoms with Gasteiger partial charge in [0.15, 0.2) is 5.78 Å². The summed E-state index contributed by atoms with van der Waals surface area (Å²) in [6, 6.07) is 26.7. The lowest BCUT2D eigenvalue weighted by molar-refractivity contribution is 0.101. The summed E-state index contributed by atoms with van der Waals surface area (Å²) >= 11 is 1.40. The Balaban J connectivity index is 1.87. The molecule has 0 N–H and O–H groups in total. The van der Waals surface area contributed by atoms with Gasteiger partial charge in [-0.25, -0.2) is 0 Å². The van der Waals surface area contributed by atoms with Crippen molar-refractivity contribution in [3.05, 3.63) is 106 Å². The third-order valence-electron chi connectivity index (χ3n) is 4.86. The van der Waals surface area contributed by atoms with E-state index < -0.39 is 0 Å². The maximum Gasteiger partial charge on any atom is 0.205 e. The van der Waals surface area contributed by atoms with Crippen molar-refractivity contribution in [1.82, 2.24) is 0 Å². The Labute approximate surface area is 160 Å². The van der Waals surface area contributed by atoms with E-state index in [0.717, 1.165) is 21.2 Å². The molecule has 3 heteroatoms. The Morgan fingerprint density at radius 1 is 0.556 bits per heavy atom. The van der Waals surface area contributed by atoms with Gasteiger partial charge in [-0.2, -0.15) is 0 Å². The number of fused-ring (bicyclic) bond motifs is 3. The molecule has 0 aliphatic heterocycles. The van der Waals surface area contributed by atoms with Crippen molar-refractivity contribution in [3.63, 3.8) is 0 Å². The molecular formula is C24H14O2S. The van der Waals surface area contributed by atoms with Gasteiger partial charge in [-0.15, -0.1) is 11.3 Å². The maximum atomic E-state index is 13.6. The Morgan fingerprint density at radius 2 is 1.07 bits per heavy atom. The van der Waals surface area contributed by atoms with Crippen LogP contribution < -0.4 is 0 Å². The molecule has 2 nitrogen and oxygen atoms in total. The largest absolute Gasteiger partial charge is 0.288 e.